The van der Waals surface area contributed by atoms with Crippen molar-refractivity contribution in [2.45, 2.75) is 0 Å². The Balaban J connectivity index is 1.05. The van der Waals surface area contributed by atoms with Crippen molar-refractivity contribution in [2.75, 3.05) is 4.90 Å². The topological polar surface area (TPSA) is 8.17 Å². The quantitative estimate of drug-likeness (QED) is 0.143. The zero-order chi connectivity index (χ0) is 38.8. The molecule has 0 saturated heterocycles. The van der Waals surface area contributed by atoms with Crippen LogP contribution in [0.15, 0.2) is 231 Å². The van der Waals surface area contributed by atoms with Gasteiger partial charge in [0.1, 0.15) is 0 Å². The molecule has 9 aromatic carbocycles. The van der Waals surface area contributed by atoms with Crippen molar-refractivity contribution < 1.29 is 0 Å². The number of fused-ring (bicyclic) bond motifs is 3. The van der Waals surface area contributed by atoms with Gasteiger partial charge >= 0.3 is 0 Å². The van der Waals surface area contributed by atoms with Crippen molar-refractivity contribution in [3.05, 3.63) is 237 Å². The van der Waals surface area contributed by atoms with Crippen LogP contribution in [-0.4, -0.2) is 4.57 Å². The van der Waals surface area contributed by atoms with E-state index in [1.165, 1.54) is 66.3 Å². The molecule has 1 aromatic heterocycles. The molecule has 0 saturated carbocycles. The molecule has 0 spiro atoms. The van der Waals surface area contributed by atoms with Gasteiger partial charge in [-0.2, -0.15) is 0 Å². The van der Waals surface area contributed by atoms with Gasteiger partial charge in [0.05, 0.1) is 11.0 Å². The van der Waals surface area contributed by atoms with Crippen LogP contribution < -0.4 is 4.90 Å². The molecule has 0 atom stereocenters. The van der Waals surface area contributed by atoms with Gasteiger partial charge in [0, 0.05) is 33.5 Å². The van der Waals surface area contributed by atoms with E-state index in [9.17, 15) is 0 Å². The van der Waals surface area contributed by atoms with E-state index >= 15 is 0 Å². The van der Waals surface area contributed by atoms with E-state index in [1.54, 1.807) is 0 Å². The molecule has 274 valence electrons. The molecule has 0 amide bonds. The number of nitrogens with zero attached hydrogens (tertiary/aromatic N) is 2. The van der Waals surface area contributed by atoms with E-state index in [1.807, 2.05) is 6.08 Å². The predicted molar refractivity (Wildman–Crippen MR) is 247 cm³/mol. The summed E-state index contributed by atoms with van der Waals surface area (Å²) >= 11 is 0. The first-order valence-corrected chi connectivity index (χ1v) is 19.8. The minimum Gasteiger partial charge on any atom is -0.311 e. The van der Waals surface area contributed by atoms with E-state index < -0.39 is 0 Å². The first kappa shape index (κ1) is 34.8. The summed E-state index contributed by atoms with van der Waals surface area (Å²) in [7, 11) is 0. The monoisotopic (exact) mass is 740 g/mol. The lowest BCUT2D eigenvalue weighted by atomic mass is 9.99. The standard InChI is InChI=1S/C56H40N2/c1-2-40-18-20-45(21-19-40)47-28-36-55-53(38-47)54-39-48(29-37-56(54)58(55)49-16-10-5-11-17-49)46-26-34-52(35-27-46)57(50-30-22-43(23-31-50)41-12-6-3-7-13-41)51-32-24-44(25-33-51)42-14-8-4-9-15-42/h2-39H,1H2. The summed E-state index contributed by atoms with van der Waals surface area (Å²) in [5.41, 5.74) is 17.5. The number of anilines is 3. The van der Waals surface area contributed by atoms with Gasteiger partial charge in [0.2, 0.25) is 0 Å². The third-order valence-corrected chi connectivity index (χ3v) is 11.2. The fraction of sp³-hybridized carbons (Fsp3) is 0. The van der Waals surface area contributed by atoms with Gasteiger partial charge in [-0.1, -0.05) is 164 Å². The Labute approximate surface area is 339 Å². The maximum absolute atomic E-state index is 3.93. The second-order valence-corrected chi connectivity index (χ2v) is 14.7. The second-order valence-electron chi connectivity index (χ2n) is 14.7. The zero-order valence-corrected chi connectivity index (χ0v) is 32.0. The Kier molecular flexibility index (Phi) is 9.06. The zero-order valence-electron chi connectivity index (χ0n) is 32.0. The highest BCUT2D eigenvalue weighted by atomic mass is 15.1. The predicted octanol–water partition coefficient (Wildman–Crippen LogP) is 15.6. The summed E-state index contributed by atoms with van der Waals surface area (Å²) in [5, 5.41) is 2.45. The van der Waals surface area contributed by atoms with Gasteiger partial charge < -0.3 is 9.47 Å². The fourth-order valence-corrected chi connectivity index (χ4v) is 8.17. The Morgan fingerprint density at radius 3 is 1.05 bits per heavy atom. The minimum atomic E-state index is 1.09. The average Bonchev–Trinajstić information content (AvgIpc) is 3.64. The lowest BCUT2D eigenvalue weighted by molar-refractivity contribution is 1.18. The number of aromatic nitrogens is 1. The summed E-state index contributed by atoms with van der Waals surface area (Å²) in [6, 6.07) is 80.9. The maximum Gasteiger partial charge on any atom is 0.0541 e. The molecule has 0 aliphatic heterocycles. The summed E-state index contributed by atoms with van der Waals surface area (Å²) < 4.78 is 2.38. The fourth-order valence-electron chi connectivity index (χ4n) is 8.17. The number of benzene rings is 9. The van der Waals surface area contributed by atoms with Crippen LogP contribution in [0.3, 0.4) is 0 Å². The molecule has 0 fully saturated rings. The molecule has 2 heteroatoms. The lowest BCUT2D eigenvalue weighted by Crippen LogP contribution is -2.09. The van der Waals surface area contributed by atoms with Crippen molar-refractivity contribution in [1.82, 2.24) is 4.57 Å². The molecule has 0 bridgehead atoms. The summed E-state index contributed by atoms with van der Waals surface area (Å²) in [4.78, 5) is 2.34. The molecule has 10 aromatic rings. The van der Waals surface area contributed by atoms with Crippen molar-refractivity contribution in [3.8, 4) is 50.2 Å². The van der Waals surface area contributed by atoms with Crippen molar-refractivity contribution >= 4 is 44.9 Å². The smallest absolute Gasteiger partial charge is 0.0541 e. The van der Waals surface area contributed by atoms with Crippen LogP contribution >= 0.6 is 0 Å². The highest BCUT2D eigenvalue weighted by molar-refractivity contribution is 6.11. The number of hydrogen-bond donors (Lipinski definition) is 0. The third-order valence-electron chi connectivity index (χ3n) is 11.2. The Hall–Kier alpha value is -7.68. The Morgan fingerprint density at radius 2 is 0.655 bits per heavy atom. The van der Waals surface area contributed by atoms with E-state index in [-0.39, 0.29) is 0 Å². The van der Waals surface area contributed by atoms with Crippen LogP contribution in [0.4, 0.5) is 17.1 Å². The SMILES string of the molecule is C=Cc1ccc(-c2ccc3c(c2)c2cc(-c4ccc(N(c5ccc(-c6ccccc6)cc5)c5ccc(-c6ccccc6)cc5)cc4)ccc2n3-c2ccccc2)cc1. The number of para-hydroxylation sites is 1. The Bertz CT molecular complexity index is 2920. The van der Waals surface area contributed by atoms with Gasteiger partial charge in [-0.25, -0.2) is 0 Å². The van der Waals surface area contributed by atoms with Crippen LogP contribution in [0.2, 0.25) is 0 Å². The first-order chi connectivity index (χ1) is 28.7. The molecule has 1 heterocycles. The van der Waals surface area contributed by atoms with Gasteiger partial charge in [0.25, 0.3) is 0 Å². The molecule has 0 aliphatic carbocycles. The first-order valence-electron chi connectivity index (χ1n) is 19.8. The molecule has 58 heavy (non-hydrogen) atoms. The highest BCUT2D eigenvalue weighted by Crippen LogP contribution is 2.40. The molecule has 0 N–H and O–H groups in total. The normalized spacial score (nSPS) is 11.2. The van der Waals surface area contributed by atoms with E-state index in [4.69, 9.17) is 0 Å². The minimum absolute atomic E-state index is 1.09. The van der Waals surface area contributed by atoms with Crippen molar-refractivity contribution in [2.24, 2.45) is 0 Å². The molecule has 0 unspecified atom stereocenters. The number of hydrogen-bond acceptors (Lipinski definition) is 1. The van der Waals surface area contributed by atoms with Crippen LogP contribution in [0.5, 0.6) is 0 Å². The van der Waals surface area contributed by atoms with Crippen molar-refractivity contribution in [1.29, 1.82) is 0 Å². The third kappa shape index (κ3) is 6.57. The van der Waals surface area contributed by atoms with E-state index in [0.29, 0.717) is 0 Å². The van der Waals surface area contributed by atoms with Gasteiger partial charge in [-0.05, 0) is 123 Å². The molecule has 2 nitrogen and oxygen atoms in total. The van der Waals surface area contributed by atoms with Gasteiger partial charge in [-0.3, -0.25) is 0 Å². The van der Waals surface area contributed by atoms with E-state index in [0.717, 1.165) is 28.3 Å². The molecule has 0 radical (unpaired) electrons. The molecular weight excluding hydrogens is 701 g/mol. The summed E-state index contributed by atoms with van der Waals surface area (Å²) in [6.45, 7) is 3.93. The van der Waals surface area contributed by atoms with Gasteiger partial charge in [0.15, 0.2) is 0 Å². The van der Waals surface area contributed by atoms with Crippen LogP contribution in [-0.2, 0) is 0 Å². The summed E-state index contributed by atoms with van der Waals surface area (Å²) in [6.07, 6.45) is 1.89. The van der Waals surface area contributed by atoms with Crippen LogP contribution in [0, 0.1) is 0 Å². The maximum atomic E-state index is 3.93. The number of rotatable bonds is 9. The highest BCUT2D eigenvalue weighted by Gasteiger charge is 2.17. The second kappa shape index (κ2) is 15.1. The lowest BCUT2D eigenvalue weighted by Gasteiger charge is -2.26. The van der Waals surface area contributed by atoms with Crippen molar-refractivity contribution in [3.63, 3.8) is 0 Å². The summed E-state index contributed by atoms with van der Waals surface area (Å²) in [5.74, 6) is 0. The van der Waals surface area contributed by atoms with Gasteiger partial charge in [-0.15, -0.1) is 0 Å². The largest absolute Gasteiger partial charge is 0.311 e. The molecule has 10 rings (SSSR count). The van der Waals surface area contributed by atoms with E-state index in [2.05, 4.69) is 241 Å². The van der Waals surface area contributed by atoms with Crippen LogP contribution in [0.25, 0.3) is 78.1 Å². The molecular formula is C56H40N2. The average molecular weight is 741 g/mol. The molecule has 0 aliphatic rings. The Morgan fingerprint density at radius 1 is 0.328 bits per heavy atom. The van der Waals surface area contributed by atoms with Crippen LogP contribution in [0.1, 0.15) is 5.56 Å².